The van der Waals surface area contributed by atoms with Gasteiger partial charge in [0.2, 0.25) is 6.41 Å². The van der Waals surface area contributed by atoms with Crippen molar-refractivity contribution in [2.45, 2.75) is 12.8 Å². The number of halogens is 5. The van der Waals surface area contributed by atoms with Gasteiger partial charge >= 0.3 is 12.8 Å². The molecule has 0 saturated carbocycles. The largest absolute Gasteiger partial charge is 0.435 e. The molecule has 3 nitrogen and oxygen atoms in total. The fourth-order valence-electron chi connectivity index (χ4n) is 1.13. The molecule has 1 aromatic carbocycles. The van der Waals surface area contributed by atoms with Crippen LogP contribution in [-0.2, 0) is 11.0 Å². The lowest BCUT2D eigenvalue weighted by Gasteiger charge is -2.13. The first-order chi connectivity index (χ1) is 7.84. The molecule has 1 amide bonds. The molecule has 1 rings (SSSR count). The molecule has 0 heterocycles. The van der Waals surface area contributed by atoms with E-state index in [0.29, 0.717) is 12.1 Å². The predicted molar refractivity (Wildman–Crippen MR) is 47.8 cm³/mol. The van der Waals surface area contributed by atoms with Gasteiger partial charge < -0.3 is 10.1 Å². The van der Waals surface area contributed by atoms with Crippen molar-refractivity contribution < 1.29 is 31.5 Å². The number of amides is 1. The Kier molecular flexibility index (Phi) is 3.87. The van der Waals surface area contributed by atoms with Crippen LogP contribution in [0, 0.1) is 0 Å². The summed E-state index contributed by atoms with van der Waals surface area (Å²) in [6, 6.07) is 1.96. The standard InChI is InChI=1S/C9H6F5NO2/c10-8(11)17-5-1-2-6(9(12,13)14)7(3-5)15-4-16/h1-4,8H,(H,15,16). The van der Waals surface area contributed by atoms with Crippen LogP contribution in [0.25, 0.3) is 0 Å². The summed E-state index contributed by atoms with van der Waals surface area (Å²) in [6.07, 6.45) is -4.69. The fourth-order valence-corrected chi connectivity index (χ4v) is 1.13. The molecule has 94 valence electrons. The molecular weight excluding hydrogens is 249 g/mol. The molecule has 1 N–H and O–H groups in total. The van der Waals surface area contributed by atoms with Gasteiger partial charge in [-0.3, -0.25) is 4.79 Å². The van der Waals surface area contributed by atoms with Crippen LogP contribution in [0.4, 0.5) is 27.6 Å². The van der Waals surface area contributed by atoms with Crippen molar-refractivity contribution in [2.75, 3.05) is 5.32 Å². The second kappa shape index (κ2) is 4.98. The number of benzene rings is 1. The highest BCUT2D eigenvalue weighted by atomic mass is 19.4. The maximum Gasteiger partial charge on any atom is 0.418 e. The molecule has 0 radical (unpaired) electrons. The Morgan fingerprint density at radius 2 is 1.94 bits per heavy atom. The van der Waals surface area contributed by atoms with Crippen LogP contribution in [0.1, 0.15) is 5.56 Å². The van der Waals surface area contributed by atoms with Gasteiger partial charge in [0.1, 0.15) is 5.75 Å². The van der Waals surface area contributed by atoms with Crippen molar-refractivity contribution in [3.05, 3.63) is 23.8 Å². The Labute approximate surface area is 92.2 Å². The van der Waals surface area contributed by atoms with Gasteiger partial charge in [-0.25, -0.2) is 0 Å². The van der Waals surface area contributed by atoms with E-state index in [9.17, 15) is 26.7 Å². The lowest BCUT2D eigenvalue weighted by Crippen LogP contribution is -2.11. The average molecular weight is 255 g/mol. The molecule has 0 aliphatic carbocycles. The molecule has 0 aliphatic rings. The number of ether oxygens (including phenoxy) is 1. The highest BCUT2D eigenvalue weighted by Crippen LogP contribution is 2.36. The zero-order valence-corrected chi connectivity index (χ0v) is 8.09. The Morgan fingerprint density at radius 1 is 1.29 bits per heavy atom. The molecule has 0 fully saturated rings. The summed E-state index contributed by atoms with van der Waals surface area (Å²) in [5, 5.41) is 1.77. The van der Waals surface area contributed by atoms with E-state index in [1.165, 1.54) is 0 Å². The van der Waals surface area contributed by atoms with E-state index in [-0.39, 0.29) is 6.41 Å². The summed E-state index contributed by atoms with van der Waals surface area (Å²) in [6.45, 7) is -3.16. The molecule has 0 bridgehead atoms. The van der Waals surface area contributed by atoms with E-state index < -0.39 is 29.8 Å². The predicted octanol–water partition coefficient (Wildman–Crippen LogP) is 2.88. The fraction of sp³-hybridized carbons (Fsp3) is 0.222. The third kappa shape index (κ3) is 3.58. The summed E-state index contributed by atoms with van der Waals surface area (Å²) in [7, 11) is 0. The molecule has 0 spiro atoms. The van der Waals surface area contributed by atoms with Crippen molar-refractivity contribution in [2.24, 2.45) is 0 Å². The topological polar surface area (TPSA) is 38.3 Å². The summed E-state index contributed by atoms with van der Waals surface area (Å²) in [5.41, 5.74) is -1.79. The van der Waals surface area contributed by atoms with Crippen molar-refractivity contribution in [1.29, 1.82) is 0 Å². The summed E-state index contributed by atoms with van der Waals surface area (Å²) >= 11 is 0. The van der Waals surface area contributed by atoms with Gasteiger partial charge in [-0.05, 0) is 12.1 Å². The third-order valence-corrected chi connectivity index (χ3v) is 1.74. The number of carbonyl (C=O) groups excluding carboxylic acids is 1. The minimum atomic E-state index is -4.70. The number of hydrogen-bond acceptors (Lipinski definition) is 2. The first-order valence-corrected chi connectivity index (χ1v) is 4.21. The van der Waals surface area contributed by atoms with Crippen LogP contribution < -0.4 is 10.1 Å². The Hall–Kier alpha value is -1.86. The molecular formula is C9H6F5NO2. The van der Waals surface area contributed by atoms with E-state index in [1.807, 2.05) is 0 Å². The summed E-state index contributed by atoms with van der Waals surface area (Å²) < 4.78 is 64.9. The van der Waals surface area contributed by atoms with Gasteiger partial charge in [0.05, 0.1) is 11.3 Å². The molecule has 1 aromatic rings. The van der Waals surface area contributed by atoms with Crippen LogP contribution in [0.5, 0.6) is 5.75 Å². The van der Waals surface area contributed by atoms with Crippen molar-refractivity contribution in [3.8, 4) is 5.75 Å². The van der Waals surface area contributed by atoms with Crippen LogP contribution in [0.2, 0.25) is 0 Å². The van der Waals surface area contributed by atoms with E-state index in [2.05, 4.69) is 4.74 Å². The molecule has 0 saturated heterocycles. The van der Waals surface area contributed by atoms with E-state index in [0.717, 1.165) is 6.07 Å². The maximum atomic E-state index is 12.4. The number of rotatable bonds is 4. The second-order valence-corrected chi connectivity index (χ2v) is 2.85. The van der Waals surface area contributed by atoms with Crippen LogP contribution >= 0.6 is 0 Å². The van der Waals surface area contributed by atoms with Gasteiger partial charge in [0.25, 0.3) is 0 Å². The van der Waals surface area contributed by atoms with Gasteiger partial charge in [-0.2, -0.15) is 22.0 Å². The quantitative estimate of drug-likeness (QED) is 0.663. The van der Waals surface area contributed by atoms with E-state index >= 15 is 0 Å². The molecule has 0 unspecified atom stereocenters. The number of nitrogens with one attached hydrogen (secondary N) is 1. The zero-order valence-electron chi connectivity index (χ0n) is 8.09. The number of anilines is 1. The van der Waals surface area contributed by atoms with Crippen LogP contribution in [0.3, 0.4) is 0 Å². The Bertz CT molecular complexity index is 405. The van der Waals surface area contributed by atoms with Crippen LogP contribution in [-0.4, -0.2) is 13.0 Å². The number of carbonyl (C=O) groups is 1. The highest BCUT2D eigenvalue weighted by molar-refractivity contribution is 5.74. The van der Waals surface area contributed by atoms with E-state index in [1.54, 1.807) is 5.32 Å². The number of alkyl halides is 5. The van der Waals surface area contributed by atoms with Gasteiger partial charge in [-0.15, -0.1) is 0 Å². The van der Waals surface area contributed by atoms with Gasteiger partial charge in [0.15, 0.2) is 0 Å². The van der Waals surface area contributed by atoms with Gasteiger partial charge in [-0.1, -0.05) is 0 Å². The summed E-state index contributed by atoms with van der Waals surface area (Å²) in [4.78, 5) is 10.1. The summed E-state index contributed by atoms with van der Waals surface area (Å²) in [5.74, 6) is -0.475. The number of hydrogen-bond donors (Lipinski definition) is 1. The molecule has 0 aliphatic heterocycles. The Balaban J connectivity index is 3.12. The molecule has 0 aromatic heterocycles. The highest BCUT2D eigenvalue weighted by Gasteiger charge is 2.33. The van der Waals surface area contributed by atoms with Crippen molar-refractivity contribution in [1.82, 2.24) is 0 Å². The SMILES string of the molecule is O=CNc1cc(OC(F)F)ccc1C(F)(F)F. The second-order valence-electron chi connectivity index (χ2n) is 2.85. The Morgan fingerprint density at radius 3 is 2.41 bits per heavy atom. The average Bonchev–Trinajstić information content (AvgIpc) is 2.15. The maximum absolute atomic E-state index is 12.4. The molecule has 17 heavy (non-hydrogen) atoms. The minimum Gasteiger partial charge on any atom is -0.435 e. The molecule has 0 atom stereocenters. The van der Waals surface area contributed by atoms with E-state index in [4.69, 9.17) is 0 Å². The lowest BCUT2D eigenvalue weighted by molar-refractivity contribution is -0.137. The lowest BCUT2D eigenvalue weighted by atomic mass is 10.1. The first-order valence-electron chi connectivity index (χ1n) is 4.21. The van der Waals surface area contributed by atoms with Crippen LogP contribution in [0.15, 0.2) is 18.2 Å². The first kappa shape index (κ1) is 13.2. The normalized spacial score (nSPS) is 11.4. The van der Waals surface area contributed by atoms with Crippen molar-refractivity contribution >= 4 is 12.1 Å². The zero-order chi connectivity index (χ0) is 13.1. The van der Waals surface area contributed by atoms with Crippen molar-refractivity contribution in [3.63, 3.8) is 0 Å². The monoisotopic (exact) mass is 255 g/mol. The minimum absolute atomic E-state index is 0.0106. The molecule has 8 heteroatoms. The third-order valence-electron chi connectivity index (χ3n) is 1.74. The van der Waals surface area contributed by atoms with Gasteiger partial charge in [0, 0.05) is 6.07 Å². The smallest absolute Gasteiger partial charge is 0.418 e.